The predicted octanol–water partition coefficient (Wildman–Crippen LogP) is 2.74. The maximum atomic E-state index is 12.2. The topological polar surface area (TPSA) is 64.1 Å². The molecule has 1 aromatic carbocycles. The molecule has 0 aliphatic carbocycles. The molecule has 0 aliphatic rings. The van der Waals surface area contributed by atoms with Crippen LogP contribution in [0.3, 0.4) is 0 Å². The van der Waals surface area contributed by atoms with E-state index in [-0.39, 0.29) is 12.2 Å². The van der Waals surface area contributed by atoms with Gasteiger partial charge >= 0.3 is 0 Å². The number of rotatable bonds is 5. The Morgan fingerprint density at radius 2 is 1.86 bits per heavy atom. The first-order valence-corrected chi connectivity index (χ1v) is 9.21. The van der Waals surface area contributed by atoms with Gasteiger partial charge in [-0.1, -0.05) is 30.3 Å². The van der Waals surface area contributed by atoms with Gasteiger partial charge in [-0.2, -0.15) is 0 Å². The Morgan fingerprint density at radius 1 is 1.24 bits per heavy atom. The van der Waals surface area contributed by atoms with Crippen LogP contribution in [0.5, 0.6) is 0 Å². The maximum absolute atomic E-state index is 12.2. The van der Waals surface area contributed by atoms with Crippen LogP contribution in [-0.2, 0) is 21.1 Å². The summed E-state index contributed by atoms with van der Waals surface area (Å²) in [6, 6.07) is 9.66. The minimum atomic E-state index is -3.44. The molecule has 0 saturated carbocycles. The third-order valence-electron chi connectivity index (χ3n) is 3.53. The first-order chi connectivity index (χ1) is 9.72. The lowest BCUT2D eigenvalue weighted by atomic mass is 10.1. The van der Waals surface area contributed by atoms with Crippen molar-refractivity contribution in [1.82, 2.24) is 4.98 Å². The van der Waals surface area contributed by atoms with Crippen LogP contribution in [0.15, 0.2) is 35.7 Å². The van der Waals surface area contributed by atoms with Crippen molar-refractivity contribution in [3.63, 3.8) is 0 Å². The molecule has 2 rings (SSSR count). The predicted molar refractivity (Wildman–Crippen MR) is 85.2 cm³/mol. The largest absolute Gasteiger partial charge is 0.297 e. The lowest BCUT2D eigenvalue weighted by molar-refractivity contribution is -0.120. The Balaban J connectivity index is 2.19. The third-order valence-corrected chi connectivity index (χ3v) is 6.46. The van der Waals surface area contributed by atoms with Crippen molar-refractivity contribution in [2.45, 2.75) is 25.0 Å². The molecule has 0 amide bonds. The Hall–Kier alpha value is -1.53. The summed E-state index contributed by atoms with van der Waals surface area (Å²) >= 11 is 1.37. The van der Waals surface area contributed by atoms with Crippen molar-refractivity contribution < 1.29 is 13.2 Å². The first-order valence-electron chi connectivity index (χ1n) is 6.44. The minimum absolute atomic E-state index is 0.0393. The van der Waals surface area contributed by atoms with E-state index < -0.39 is 14.6 Å². The fourth-order valence-corrected chi connectivity index (χ4v) is 2.98. The van der Waals surface area contributed by atoms with Gasteiger partial charge in [-0.05, 0) is 13.8 Å². The number of benzene rings is 1. The molecule has 1 heterocycles. The van der Waals surface area contributed by atoms with Crippen LogP contribution < -0.4 is 0 Å². The highest BCUT2D eigenvalue weighted by Gasteiger charge is 2.38. The standard InChI is InChI=1S/C15H17NO3S2/c1-15(2,21(3,18)19)13(17)9-14-16-12(10-20-14)11-7-5-4-6-8-11/h4-8,10H,9H2,1-3H3. The van der Waals surface area contributed by atoms with Crippen LogP contribution in [0.2, 0.25) is 0 Å². The van der Waals surface area contributed by atoms with Crippen LogP contribution >= 0.6 is 11.3 Å². The molecule has 0 bridgehead atoms. The zero-order valence-corrected chi connectivity index (χ0v) is 13.8. The maximum Gasteiger partial charge on any atom is 0.160 e. The summed E-state index contributed by atoms with van der Waals surface area (Å²) in [7, 11) is -3.44. The minimum Gasteiger partial charge on any atom is -0.297 e. The second-order valence-corrected chi connectivity index (χ2v) is 8.88. The summed E-state index contributed by atoms with van der Waals surface area (Å²) in [6.07, 6.45) is 1.12. The van der Waals surface area contributed by atoms with Gasteiger partial charge in [0, 0.05) is 17.2 Å². The van der Waals surface area contributed by atoms with E-state index in [9.17, 15) is 13.2 Å². The van der Waals surface area contributed by atoms with Crippen molar-refractivity contribution in [2.24, 2.45) is 0 Å². The molecule has 1 aromatic heterocycles. The normalized spacial score (nSPS) is 12.3. The molecular formula is C15H17NO3S2. The molecular weight excluding hydrogens is 306 g/mol. The zero-order valence-electron chi connectivity index (χ0n) is 12.2. The van der Waals surface area contributed by atoms with Gasteiger partial charge in [0.1, 0.15) is 9.75 Å². The fraction of sp³-hybridized carbons (Fsp3) is 0.333. The van der Waals surface area contributed by atoms with Gasteiger partial charge in [0.25, 0.3) is 0 Å². The van der Waals surface area contributed by atoms with Gasteiger partial charge in [-0.25, -0.2) is 13.4 Å². The molecule has 0 aliphatic heterocycles. The lowest BCUT2D eigenvalue weighted by Gasteiger charge is -2.20. The van der Waals surface area contributed by atoms with Crippen LogP contribution in [0.25, 0.3) is 11.3 Å². The Kier molecular flexibility index (Phi) is 4.30. The number of nitrogens with zero attached hydrogens (tertiary/aromatic N) is 1. The second kappa shape index (κ2) is 5.69. The number of hydrogen-bond acceptors (Lipinski definition) is 5. The molecule has 0 atom stereocenters. The van der Waals surface area contributed by atoms with Crippen LogP contribution in [0.4, 0.5) is 0 Å². The van der Waals surface area contributed by atoms with Gasteiger partial charge < -0.3 is 0 Å². The molecule has 0 radical (unpaired) electrons. The summed E-state index contributed by atoms with van der Waals surface area (Å²) in [4.78, 5) is 16.6. The van der Waals surface area contributed by atoms with Crippen molar-refractivity contribution in [3.05, 3.63) is 40.7 Å². The lowest BCUT2D eigenvalue weighted by Crippen LogP contribution is -2.40. The van der Waals surface area contributed by atoms with E-state index in [0.29, 0.717) is 5.01 Å². The number of hydrogen-bond donors (Lipinski definition) is 0. The quantitative estimate of drug-likeness (QED) is 0.848. The molecule has 0 saturated heterocycles. The van der Waals surface area contributed by atoms with Crippen molar-refractivity contribution >= 4 is 27.0 Å². The Morgan fingerprint density at radius 3 is 2.43 bits per heavy atom. The average Bonchev–Trinajstić information content (AvgIpc) is 2.87. The highest BCUT2D eigenvalue weighted by molar-refractivity contribution is 7.92. The van der Waals surface area contributed by atoms with E-state index in [1.165, 1.54) is 25.2 Å². The molecule has 4 nitrogen and oxygen atoms in total. The van der Waals surface area contributed by atoms with E-state index in [4.69, 9.17) is 0 Å². The van der Waals surface area contributed by atoms with E-state index >= 15 is 0 Å². The van der Waals surface area contributed by atoms with Gasteiger partial charge in [0.2, 0.25) is 0 Å². The number of carbonyl (C=O) groups is 1. The van der Waals surface area contributed by atoms with Crippen LogP contribution in [0.1, 0.15) is 18.9 Å². The van der Waals surface area contributed by atoms with Crippen LogP contribution in [0, 0.1) is 0 Å². The van der Waals surface area contributed by atoms with E-state index in [0.717, 1.165) is 17.5 Å². The number of thiazole rings is 1. The summed E-state index contributed by atoms with van der Waals surface area (Å²) < 4.78 is 22.0. The highest BCUT2D eigenvalue weighted by atomic mass is 32.2. The second-order valence-electron chi connectivity index (χ2n) is 5.37. The van der Waals surface area contributed by atoms with E-state index in [1.807, 2.05) is 35.7 Å². The smallest absolute Gasteiger partial charge is 0.160 e. The van der Waals surface area contributed by atoms with Gasteiger partial charge in [-0.15, -0.1) is 11.3 Å². The Labute approximate surface area is 128 Å². The summed E-state index contributed by atoms with van der Waals surface area (Å²) in [5.74, 6) is -0.334. The van der Waals surface area contributed by atoms with E-state index in [2.05, 4.69) is 4.98 Å². The number of aromatic nitrogens is 1. The first kappa shape index (κ1) is 15.9. The number of Topliss-reactive ketones (excluding diaryl/α,β-unsaturated/α-hetero) is 1. The molecule has 0 unspecified atom stereocenters. The summed E-state index contributed by atoms with van der Waals surface area (Å²) in [5.41, 5.74) is 1.79. The fourth-order valence-electron chi connectivity index (χ4n) is 1.69. The van der Waals surface area contributed by atoms with Crippen molar-refractivity contribution in [3.8, 4) is 11.3 Å². The molecule has 112 valence electrons. The van der Waals surface area contributed by atoms with Gasteiger partial charge in [-0.3, -0.25) is 4.79 Å². The van der Waals surface area contributed by atoms with E-state index in [1.54, 1.807) is 0 Å². The molecule has 0 N–H and O–H groups in total. The molecule has 21 heavy (non-hydrogen) atoms. The molecule has 0 spiro atoms. The summed E-state index contributed by atoms with van der Waals surface area (Å²) in [6.45, 7) is 2.88. The molecule has 0 fully saturated rings. The highest BCUT2D eigenvalue weighted by Crippen LogP contribution is 2.24. The SMILES string of the molecule is CC(C)(C(=O)Cc1nc(-c2ccccc2)cs1)S(C)(=O)=O. The Bertz CT molecular complexity index is 746. The zero-order chi connectivity index (χ0) is 15.7. The number of ketones is 1. The molecule has 2 aromatic rings. The average molecular weight is 323 g/mol. The van der Waals surface area contributed by atoms with Gasteiger partial charge in [0.15, 0.2) is 15.6 Å². The number of sulfone groups is 1. The summed E-state index contributed by atoms with van der Waals surface area (Å²) in [5, 5.41) is 2.52. The van der Waals surface area contributed by atoms with Crippen LogP contribution in [-0.4, -0.2) is 30.2 Å². The van der Waals surface area contributed by atoms with Crippen molar-refractivity contribution in [2.75, 3.05) is 6.26 Å². The van der Waals surface area contributed by atoms with Crippen molar-refractivity contribution in [1.29, 1.82) is 0 Å². The monoisotopic (exact) mass is 323 g/mol. The number of carbonyl (C=O) groups excluding carboxylic acids is 1. The third kappa shape index (κ3) is 3.39. The molecule has 6 heteroatoms. The van der Waals surface area contributed by atoms with Gasteiger partial charge in [0.05, 0.1) is 12.1 Å².